The van der Waals surface area contributed by atoms with E-state index in [1.165, 1.54) is 10.9 Å². The van der Waals surface area contributed by atoms with Crippen LogP contribution >= 0.6 is 11.3 Å². The van der Waals surface area contributed by atoms with Crippen LogP contribution < -0.4 is 10.1 Å². The standard InChI is InChI=1S/C34H29FN2O2S/c35-29-16-8-5-13-25(29)22-39-30-19-18-24-12-4-6-14-26(24)28(30)21-37-34-32(27-15-7-9-17-31(27)40-34)33(38)36-20-23-10-2-1-3-11-23/h1-6,8,10-14,16,18-19,21H,7,9,15,17,20,22H2,(H,36,38)/b37-21+. The number of hydrogen-bond acceptors (Lipinski definition) is 4. The van der Waals surface area contributed by atoms with E-state index in [1.807, 2.05) is 66.7 Å². The molecule has 1 aromatic heterocycles. The predicted molar refractivity (Wildman–Crippen MR) is 161 cm³/mol. The van der Waals surface area contributed by atoms with Crippen LogP contribution in [-0.4, -0.2) is 12.1 Å². The lowest BCUT2D eigenvalue weighted by Crippen LogP contribution is -2.24. The lowest BCUT2D eigenvalue weighted by Gasteiger charge is -2.13. The Morgan fingerprint density at radius 2 is 1.70 bits per heavy atom. The second-order valence-corrected chi connectivity index (χ2v) is 11.0. The molecule has 1 heterocycles. The molecule has 0 spiro atoms. The molecule has 4 nitrogen and oxygen atoms in total. The van der Waals surface area contributed by atoms with Crippen molar-refractivity contribution in [1.29, 1.82) is 0 Å². The van der Waals surface area contributed by atoms with Gasteiger partial charge in [-0.15, -0.1) is 11.3 Å². The monoisotopic (exact) mass is 548 g/mol. The maximum absolute atomic E-state index is 14.3. The van der Waals surface area contributed by atoms with Crippen molar-refractivity contribution in [2.75, 3.05) is 0 Å². The van der Waals surface area contributed by atoms with Gasteiger partial charge >= 0.3 is 0 Å². The lowest BCUT2D eigenvalue weighted by atomic mass is 9.95. The summed E-state index contributed by atoms with van der Waals surface area (Å²) in [6.07, 6.45) is 5.85. The number of hydrogen-bond donors (Lipinski definition) is 1. The van der Waals surface area contributed by atoms with E-state index in [4.69, 9.17) is 9.73 Å². The largest absolute Gasteiger partial charge is 0.488 e. The number of benzene rings is 4. The van der Waals surface area contributed by atoms with E-state index in [1.54, 1.807) is 35.8 Å². The molecule has 0 bridgehead atoms. The van der Waals surface area contributed by atoms with E-state index in [0.29, 0.717) is 28.4 Å². The Morgan fingerprint density at radius 3 is 2.58 bits per heavy atom. The number of amides is 1. The van der Waals surface area contributed by atoms with Crippen LogP contribution in [0.5, 0.6) is 5.75 Å². The molecule has 4 aromatic carbocycles. The van der Waals surface area contributed by atoms with Crippen LogP contribution in [0.3, 0.4) is 0 Å². The van der Waals surface area contributed by atoms with E-state index in [0.717, 1.165) is 53.1 Å². The molecule has 1 aliphatic rings. The zero-order chi connectivity index (χ0) is 27.3. The van der Waals surface area contributed by atoms with Gasteiger partial charge in [-0.3, -0.25) is 4.79 Å². The number of carbonyl (C=O) groups is 1. The molecule has 1 aliphatic carbocycles. The van der Waals surface area contributed by atoms with E-state index >= 15 is 0 Å². The molecule has 0 aliphatic heterocycles. The van der Waals surface area contributed by atoms with Crippen LogP contribution in [-0.2, 0) is 26.0 Å². The third kappa shape index (κ3) is 5.54. The first-order chi connectivity index (χ1) is 19.7. The summed E-state index contributed by atoms with van der Waals surface area (Å²) in [6.45, 7) is 0.567. The highest BCUT2D eigenvalue weighted by atomic mass is 32.1. The van der Waals surface area contributed by atoms with Gasteiger partial charge in [-0.25, -0.2) is 9.38 Å². The summed E-state index contributed by atoms with van der Waals surface area (Å²) in [5, 5.41) is 5.85. The van der Waals surface area contributed by atoms with Gasteiger partial charge in [-0.1, -0.05) is 78.9 Å². The van der Waals surface area contributed by atoms with Crippen molar-refractivity contribution in [1.82, 2.24) is 5.32 Å². The van der Waals surface area contributed by atoms with Gasteiger partial charge in [0.15, 0.2) is 0 Å². The van der Waals surface area contributed by atoms with Crippen LogP contribution in [0.25, 0.3) is 10.8 Å². The Labute approximate surface area is 237 Å². The number of fused-ring (bicyclic) bond motifs is 2. The number of rotatable bonds is 8. The highest BCUT2D eigenvalue weighted by Gasteiger charge is 2.25. The second-order valence-electron chi connectivity index (χ2n) is 9.90. The van der Waals surface area contributed by atoms with Crippen molar-refractivity contribution < 1.29 is 13.9 Å². The molecule has 0 fully saturated rings. The lowest BCUT2D eigenvalue weighted by molar-refractivity contribution is 0.0951. The Bertz CT molecular complexity index is 1690. The molecular formula is C34H29FN2O2S. The summed E-state index contributed by atoms with van der Waals surface area (Å²) in [7, 11) is 0. The molecule has 0 saturated carbocycles. The highest BCUT2D eigenvalue weighted by Crippen LogP contribution is 2.40. The van der Waals surface area contributed by atoms with Crippen LogP contribution in [0, 0.1) is 5.82 Å². The van der Waals surface area contributed by atoms with Crippen molar-refractivity contribution in [3.8, 4) is 5.75 Å². The minimum absolute atomic E-state index is 0.0932. The van der Waals surface area contributed by atoms with Crippen LogP contribution in [0.15, 0.2) is 96.0 Å². The zero-order valence-corrected chi connectivity index (χ0v) is 22.8. The number of aryl methyl sites for hydroxylation is 1. The molecule has 6 rings (SSSR count). The number of aliphatic imine (C=N–C) groups is 1. The van der Waals surface area contributed by atoms with Gasteiger partial charge in [0.05, 0.1) is 5.56 Å². The predicted octanol–water partition coefficient (Wildman–Crippen LogP) is 8.18. The molecule has 1 N–H and O–H groups in total. The Balaban J connectivity index is 1.35. The van der Waals surface area contributed by atoms with Crippen molar-refractivity contribution in [3.63, 3.8) is 0 Å². The quantitative estimate of drug-likeness (QED) is 0.199. The fraction of sp³-hybridized carbons (Fsp3) is 0.176. The second kappa shape index (κ2) is 11.8. The van der Waals surface area contributed by atoms with Gasteiger partial charge in [-0.05, 0) is 59.7 Å². The maximum atomic E-state index is 14.3. The SMILES string of the molecule is O=C(NCc1ccccc1)c1c(/N=C/c2c(OCc3ccccc3F)ccc3ccccc23)sc2c1CCCC2. The van der Waals surface area contributed by atoms with Crippen molar-refractivity contribution in [3.05, 3.63) is 130 Å². The molecule has 1 amide bonds. The Hall–Kier alpha value is -4.29. The van der Waals surface area contributed by atoms with Crippen LogP contribution in [0.2, 0.25) is 0 Å². The molecule has 0 atom stereocenters. The normalized spacial score (nSPS) is 12.9. The average Bonchev–Trinajstić information content (AvgIpc) is 3.37. The van der Waals surface area contributed by atoms with Gasteiger partial charge in [0.25, 0.3) is 5.91 Å². The number of nitrogens with one attached hydrogen (secondary N) is 1. The van der Waals surface area contributed by atoms with E-state index in [2.05, 4.69) is 5.32 Å². The summed E-state index contributed by atoms with van der Waals surface area (Å²) >= 11 is 1.61. The first-order valence-electron chi connectivity index (χ1n) is 13.6. The number of thiophene rings is 1. The Kier molecular flexibility index (Phi) is 7.69. The maximum Gasteiger partial charge on any atom is 0.254 e. The van der Waals surface area contributed by atoms with E-state index < -0.39 is 0 Å². The number of carbonyl (C=O) groups excluding carboxylic acids is 1. The fourth-order valence-electron chi connectivity index (χ4n) is 5.17. The molecule has 0 unspecified atom stereocenters. The van der Waals surface area contributed by atoms with Crippen molar-refractivity contribution >= 4 is 39.2 Å². The third-order valence-corrected chi connectivity index (χ3v) is 8.46. The Morgan fingerprint density at radius 1 is 0.925 bits per heavy atom. The van der Waals surface area contributed by atoms with Gasteiger partial charge < -0.3 is 10.1 Å². The molecule has 0 saturated heterocycles. The number of halogens is 1. The van der Waals surface area contributed by atoms with Crippen molar-refractivity contribution in [2.45, 2.75) is 38.8 Å². The summed E-state index contributed by atoms with van der Waals surface area (Å²) in [5.41, 5.74) is 4.15. The summed E-state index contributed by atoms with van der Waals surface area (Å²) in [5.74, 6) is 0.222. The molecule has 5 aromatic rings. The van der Waals surface area contributed by atoms with Crippen LogP contribution in [0.4, 0.5) is 9.39 Å². The van der Waals surface area contributed by atoms with Gasteiger partial charge in [-0.2, -0.15) is 0 Å². The average molecular weight is 549 g/mol. The van der Waals surface area contributed by atoms with Gasteiger partial charge in [0.1, 0.15) is 23.2 Å². The minimum atomic E-state index is -0.297. The first-order valence-corrected chi connectivity index (χ1v) is 14.4. The minimum Gasteiger partial charge on any atom is -0.488 e. The number of ether oxygens (including phenoxy) is 1. The molecular weight excluding hydrogens is 519 g/mol. The van der Waals surface area contributed by atoms with E-state index in [-0.39, 0.29) is 18.3 Å². The van der Waals surface area contributed by atoms with E-state index in [9.17, 15) is 9.18 Å². The number of nitrogens with zero attached hydrogens (tertiary/aromatic N) is 1. The third-order valence-electron chi connectivity index (χ3n) is 7.26. The van der Waals surface area contributed by atoms with Gasteiger partial charge in [0.2, 0.25) is 0 Å². The summed E-state index contributed by atoms with van der Waals surface area (Å²) in [6, 6.07) is 28.5. The molecule has 40 heavy (non-hydrogen) atoms. The summed E-state index contributed by atoms with van der Waals surface area (Å²) in [4.78, 5) is 19.7. The smallest absolute Gasteiger partial charge is 0.254 e. The van der Waals surface area contributed by atoms with Crippen molar-refractivity contribution in [2.24, 2.45) is 4.99 Å². The fourth-order valence-corrected chi connectivity index (χ4v) is 6.40. The summed E-state index contributed by atoms with van der Waals surface area (Å²) < 4.78 is 20.4. The molecule has 0 radical (unpaired) electrons. The van der Waals surface area contributed by atoms with Crippen LogP contribution in [0.1, 0.15) is 50.3 Å². The molecule has 6 heteroatoms. The highest BCUT2D eigenvalue weighted by molar-refractivity contribution is 7.16. The topological polar surface area (TPSA) is 50.7 Å². The first kappa shape index (κ1) is 26.0. The zero-order valence-electron chi connectivity index (χ0n) is 22.0. The van der Waals surface area contributed by atoms with Gasteiger partial charge in [0, 0.05) is 28.8 Å². The molecule has 200 valence electrons.